The van der Waals surface area contributed by atoms with Gasteiger partial charge < -0.3 is 4.90 Å². The topological polar surface area (TPSA) is 75.7 Å². The molecule has 0 unspecified atom stereocenters. The van der Waals surface area contributed by atoms with Crippen LogP contribution in [0.25, 0.3) is 0 Å². The summed E-state index contributed by atoms with van der Waals surface area (Å²) in [6.45, 7) is 0.384. The van der Waals surface area contributed by atoms with Crippen LogP contribution in [0.15, 0.2) is 53.4 Å². The second-order valence-corrected chi connectivity index (χ2v) is 7.75. The summed E-state index contributed by atoms with van der Waals surface area (Å²) in [4.78, 5) is 21.0. The maximum absolute atomic E-state index is 13.1. The van der Waals surface area contributed by atoms with Gasteiger partial charge in [0.25, 0.3) is 15.9 Å². The molecule has 1 fully saturated rings. The lowest BCUT2D eigenvalue weighted by atomic mass is 10.1. The van der Waals surface area contributed by atoms with Crippen molar-refractivity contribution in [1.29, 1.82) is 0 Å². The second kappa shape index (κ2) is 7.53. The van der Waals surface area contributed by atoms with Crippen LogP contribution >= 0.6 is 0 Å². The minimum absolute atomic E-state index is 0.00686. The van der Waals surface area contributed by atoms with Crippen LogP contribution in [-0.2, 0) is 21.4 Å². The Morgan fingerprint density at radius 3 is 2.31 bits per heavy atom. The highest BCUT2D eigenvalue weighted by molar-refractivity contribution is 7.89. The first-order chi connectivity index (χ1) is 12.4. The molecule has 0 spiro atoms. The van der Waals surface area contributed by atoms with E-state index in [0.29, 0.717) is 12.1 Å². The number of rotatable bonds is 7. The quantitative estimate of drug-likeness (QED) is 0.751. The molecule has 2 aromatic carbocycles. The largest absolute Gasteiger partial charge is 0.331 e. The number of carbonyl (C=O) groups is 1. The van der Waals surface area contributed by atoms with Crippen molar-refractivity contribution in [3.05, 3.63) is 65.5 Å². The van der Waals surface area contributed by atoms with Crippen molar-refractivity contribution in [1.82, 2.24) is 9.79 Å². The molecule has 1 aliphatic carbocycles. The Morgan fingerprint density at radius 2 is 1.77 bits per heavy atom. The van der Waals surface area contributed by atoms with Crippen molar-refractivity contribution in [2.45, 2.75) is 30.3 Å². The molecule has 26 heavy (non-hydrogen) atoms. The average Bonchev–Trinajstić information content (AvgIpc) is 3.46. The monoisotopic (exact) mass is 378 g/mol. The molecule has 8 heteroatoms. The van der Waals surface area contributed by atoms with Gasteiger partial charge in [0, 0.05) is 18.2 Å². The Bertz CT molecular complexity index is 878. The minimum Gasteiger partial charge on any atom is -0.331 e. The number of carbonyl (C=O) groups excluding carboxylic acids is 1. The smallest absolute Gasteiger partial charge is 0.262 e. The van der Waals surface area contributed by atoms with E-state index < -0.39 is 10.0 Å². The molecule has 1 amide bonds. The number of halogens is 1. The van der Waals surface area contributed by atoms with Gasteiger partial charge in [0.15, 0.2) is 0 Å². The minimum atomic E-state index is -3.76. The van der Waals surface area contributed by atoms with E-state index in [4.69, 9.17) is 0 Å². The van der Waals surface area contributed by atoms with E-state index in [2.05, 4.69) is 4.84 Å². The van der Waals surface area contributed by atoms with Gasteiger partial charge in [-0.2, -0.15) is 0 Å². The van der Waals surface area contributed by atoms with Crippen molar-refractivity contribution in [2.75, 3.05) is 7.11 Å². The van der Waals surface area contributed by atoms with E-state index in [1.807, 2.05) is 4.89 Å². The molecule has 2 aromatic rings. The maximum atomic E-state index is 13.1. The lowest BCUT2D eigenvalue weighted by Gasteiger charge is -2.23. The van der Waals surface area contributed by atoms with Crippen LogP contribution in [0.4, 0.5) is 4.39 Å². The predicted molar refractivity (Wildman–Crippen MR) is 93.1 cm³/mol. The van der Waals surface area contributed by atoms with E-state index >= 15 is 0 Å². The normalized spacial score (nSPS) is 14.2. The van der Waals surface area contributed by atoms with Gasteiger partial charge in [0.2, 0.25) is 0 Å². The molecule has 1 saturated carbocycles. The van der Waals surface area contributed by atoms with Gasteiger partial charge in [0.1, 0.15) is 5.82 Å². The molecule has 0 radical (unpaired) electrons. The number of hydrogen-bond donors (Lipinski definition) is 1. The fourth-order valence-electron chi connectivity index (χ4n) is 2.64. The summed E-state index contributed by atoms with van der Waals surface area (Å²) in [6, 6.07) is 11.9. The van der Waals surface area contributed by atoms with Gasteiger partial charge >= 0.3 is 0 Å². The molecule has 1 aliphatic rings. The summed E-state index contributed by atoms with van der Waals surface area (Å²) in [5, 5.41) is 0. The van der Waals surface area contributed by atoms with Crippen molar-refractivity contribution >= 4 is 15.9 Å². The third kappa shape index (κ3) is 4.27. The highest BCUT2D eigenvalue weighted by Crippen LogP contribution is 2.30. The van der Waals surface area contributed by atoms with Gasteiger partial charge in [-0.05, 0) is 54.8 Å². The Labute approximate surface area is 151 Å². The number of sulfonamides is 1. The van der Waals surface area contributed by atoms with Crippen LogP contribution in [-0.4, -0.2) is 32.4 Å². The Hall–Kier alpha value is -2.29. The molecule has 0 atom stereocenters. The summed E-state index contributed by atoms with van der Waals surface area (Å²) >= 11 is 0. The molecular formula is C18H19FN2O4S. The van der Waals surface area contributed by atoms with Crippen LogP contribution < -0.4 is 4.89 Å². The molecular weight excluding hydrogens is 359 g/mol. The number of amides is 1. The molecule has 0 aromatic heterocycles. The zero-order chi connectivity index (χ0) is 18.7. The third-order valence-corrected chi connectivity index (χ3v) is 5.40. The first kappa shape index (κ1) is 18.5. The van der Waals surface area contributed by atoms with Crippen LogP contribution in [0.1, 0.15) is 28.8 Å². The van der Waals surface area contributed by atoms with Gasteiger partial charge in [0.05, 0.1) is 12.0 Å². The van der Waals surface area contributed by atoms with Crippen LogP contribution in [0.5, 0.6) is 0 Å². The second-order valence-electron chi connectivity index (χ2n) is 6.11. The number of nitrogens with one attached hydrogen (secondary N) is 1. The molecule has 0 bridgehead atoms. The molecule has 3 rings (SSSR count). The summed E-state index contributed by atoms with van der Waals surface area (Å²) in [6.07, 6.45) is 1.86. The highest BCUT2D eigenvalue weighted by atomic mass is 32.2. The molecule has 0 heterocycles. The van der Waals surface area contributed by atoms with Gasteiger partial charge in [-0.25, -0.2) is 12.8 Å². The number of benzene rings is 2. The Morgan fingerprint density at radius 1 is 1.15 bits per heavy atom. The lowest BCUT2D eigenvalue weighted by molar-refractivity contribution is 0.0730. The average molecular weight is 378 g/mol. The van der Waals surface area contributed by atoms with E-state index in [0.717, 1.165) is 18.4 Å². The van der Waals surface area contributed by atoms with Crippen molar-refractivity contribution in [2.24, 2.45) is 0 Å². The van der Waals surface area contributed by atoms with E-state index in [-0.39, 0.29) is 22.7 Å². The van der Waals surface area contributed by atoms with Crippen molar-refractivity contribution < 1.29 is 22.4 Å². The van der Waals surface area contributed by atoms with Crippen LogP contribution in [0.3, 0.4) is 0 Å². The molecule has 0 aliphatic heterocycles. The zero-order valence-electron chi connectivity index (χ0n) is 14.2. The summed E-state index contributed by atoms with van der Waals surface area (Å²) in [5.74, 6) is -0.500. The Kier molecular flexibility index (Phi) is 5.36. The fourth-order valence-corrected chi connectivity index (χ4v) is 3.45. The van der Waals surface area contributed by atoms with Crippen LogP contribution in [0, 0.1) is 5.82 Å². The van der Waals surface area contributed by atoms with E-state index in [9.17, 15) is 17.6 Å². The van der Waals surface area contributed by atoms with Crippen LogP contribution in [0.2, 0.25) is 0 Å². The van der Waals surface area contributed by atoms with Crippen molar-refractivity contribution in [3.63, 3.8) is 0 Å². The molecule has 6 nitrogen and oxygen atoms in total. The highest BCUT2D eigenvalue weighted by Gasteiger charge is 2.33. The summed E-state index contributed by atoms with van der Waals surface area (Å²) in [7, 11) is -2.56. The fraction of sp³-hybridized carbons (Fsp3) is 0.278. The first-order valence-electron chi connectivity index (χ1n) is 8.11. The Balaban J connectivity index is 1.78. The van der Waals surface area contributed by atoms with Crippen molar-refractivity contribution in [3.8, 4) is 0 Å². The van der Waals surface area contributed by atoms with E-state index in [1.165, 1.54) is 43.5 Å². The molecule has 138 valence electrons. The number of nitrogens with zero attached hydrogens (tertiary/aromatic N) is 1. The van der Waals surface area contributed by atoms with E-state index in [1.54, 1.807) is 17.0 Å². The SMILES string of the molecule is CONS(=O)(=O)c1ccc(C(=O)N(Cc2ccc(F)cc2)C2CC2)cc1. The predicted octanol–water partition coefficient (Wildman–Crippen LogP) is 2.47. The zero-order valence-corrected chi connectivity index (χ0v) is 15.0. The third-order valence-electron chi connectivity index (χ3n) is 4.12. The summed E-state index contributed by atoms with van der Waals surface area (Å²) in [5.41, 5.74) is 1.24. The summed E-state index contributed by atoms with van der Waals surface area (Å²) < 4.78 is 36.8. The van der Waals surface area contributed by atoms with Gasteiger partial charge in [-0.15, -0.1) is 0 Å². The molecule has 0 saturated heterocycles. The lowest BCUT2D eigenvalue weighted by Crippen LogP contribution is -2.32. The maximum Gasteiger partial charge on any atom is 0.262 e. The first-order valence-corrected chi connectivity index (χ1v) is 9.59. The van der Waals surface area contributed by atoms with Gasteiger partial charge in [-0.3, -0.25) is 9.63 Å². The standard InChI is InChI=1S/C18H19FN2O4S/c1-25-20-26(23,24)17-10-4-14(5-11-17)18(22)21(16-8-9-16)12-13-2-6-15(19)7-3-13/h2-7,10-11,16,20H,8-9,12H2,1H3. The number of hydrogen-bond acceptors (Lipinski definition) is 4. The molecule has 1 N–H and O–H groups in total. The van der Waals surface area contributed by atoms with Gasteiger partial charge in [-0.1, -0.05) is 17.0 Å².